The number of ether oxygens (including phenoxy) is 5. The molecular weight excluding hydrogens is 801 g/mol. The summed E-state index contributed by atoms with van der Waals surface area (Å²) in [6.07, 6.45) is 6.98. The quantitative estimate of drug-likeness (QED) is 0.121. The van der Waals surface area contributed by atoms with Gasteiger partial charge in [0.25, 0.3) is 5.91 Å². The van der Waals surface area contributed by atoms with Gasteiger partial charge >= 0.3 is 6.09 Å². The predicted molar refractivity (Wildman–Crippen MR) is 231 cm³/mol. The number of nitrogens with zero attached hydrogens (tertiary/aromatic N) is 1. The van der Waals surface area contributed by atoms with Crippen molar-refractivity contribution in [2.45, 2.75) is 77.8 Å². The number of aliphatic hydroxyl groups is 1. The van der Waals surface area contributed by atoms with E-state index in [2.05, 4.69) is 22.7 Å². The molecule has 1 unspecified atom stereocenters. The van der Waals surface area contributed by atoms with Gasteiger partial charge in [-0.25, -0.2) is 4.79 Å². The zero-order valence-corrected chi connectivity index (χ0v) is 36.0. The molecule has 16 nitrogen and oxygen atoms in total. The maximum atomic E-state index is 14.0. The summed E-state index contributed by atoms with van der Waals surface area (Å²) in [5.74, 6) is 1.45. The number of carbonyl (C=O) groups excluding carboxylic acids is 4. The third-order valence-corrected chi connectivity index (χ3v) is 10.8. The second-order valence-corrected chi connectivity index (χ2v) is 15.5. The van der Waals surface area contributed by atoms with Gasteiger partial charge in [0.15, 0.2) is 17.4 Å². The Balaban J connectivity index is 1.31. The highest BCUT2D eigenvalue weighted by Crippen LogP contribution is 2.29. The van der Waals surface area contributed by atoms with Crippen molar-refractivity contribution < 1.29 is 52.4 Å². The number of hydrogen-bond donors (Lipinski definition) is 4. The Morgan fingerprint density at radius 2 is 1.84 bits per heavy atom. The van der Waals surface area contributed by atoms with Crippen LogP contribution in [-0.2, 0) is 33.3 Å². The lowest BCUT2D eigenvalue weighted by atomic mass is 9.85. The lowest BCUT2D eigenvalue weighted by Crippen LogP contribution is -2.38. The fourth-order valence-corrected chi connectivity index (χ4v) is 7.44. The molecule has 0 radical (unpaired) electrons. The van der Waals surface area contributed by atoms with Crippen molar-refractivity contribution in [2.24, 2.45) is 17.6 Å². The van der Waals surface area contributed by atoms with Gasteiger partial charge in [0.1, 0.15) is 23.5 Å². The van der Waals surface area contributed by atoms with Crippen LogP contribution in [0.3, 0.4) is 0 Å². The molecular formula is C46H56N4O12. The van der Waals surface area contributed by atoms with Crippen LogP contribution in [0.2, 0.25) is 0 Å². The van der Waals surface area contributed by atoms with Crippen LogP contribution in [0.5, 0.6) is 5.75 Å². The van der Waals surface area contributed by atoms with Crippen LogP contribution in [0.1, 0.15) is 53.4 Å². The van der Waals surface area contributed by atoms with Crippen molar-refractivity contribution >= 4 is 40.4 Å². The molecule has 1 aromatic heterocycles. The Kier molecular flexibility index (Phi) is 16.9. The molecule has 6 atom stereocenters. The van der Waals surface area contributed by atoms with Crippen molar-refractivity contribution in [3.8, 4) is 17.8 Å². The van der Waals surface area contributed by atoms with E-state index in [9.17, 15) is 29.1 Å². The number of primary amides is 1. The summed E-state index contributed by atoms with van der Waals surface area (Å²) in [6.45, 7) is 9.57. The molecule has 1 saturated heterocycles. The number of benzene rings is 1. The standard InChI is InChI=1S/C46H56N4O12/c1-27-21-33-41(48-15-8-7-9-18-60-31-13-14-32-35(51)26-40(61-38(32)24-31)50-16-19-59-20-17-50)36(52)25-34(43(33)54)49-45(55)28(2)11-10-12-37(57-5)44(62-46(47)56)30(4)23-29(3)42(53)39(22-27)58-6/h10-14,23-27,29,37,39,42,44,48,53H,7-8,15-17,19-22H2,1-6H3,(H2,47,56)(H,49,55)/b12-10-,28-11+,30-23+/t27-,29+,37?,39+,42-,44+/m1/s1. The molecule has 3 heterocycles. The zero-order valence-electron chi connectivity index (χ0n) is 36.0. The molecule has 5 N–H and O–H groups in total. The normalized spacial score (nSPS) is 26.5. The van der Waals surface area contributed by atoms with Crippen LogP contribution < -0.4 is 31.4 Å². The number of allylic oxidation sites excluding steroid dienone is 4. The maximum absolute atomic E-state index is 14.0. The summed E-state index contributed by atoms with van der Waals surface area (Å²) in [5, 5.41) is 17.6. The SMILES string of the molecule is COC1/C=C\C=C(/C)C(=O)NC2=CC(=O)C(NCCCC#COc3ccc4c(=O)cc(N5CCOCC5)oc4c3)=C(C[C@@H](C)C[C@H](OC)[C@H](O)[C@@H](C)/C=C(\C)[C@@H]1OC(N)=O)C2=O. The molecule has 2 aromatic rings. The fourth-order valence-electron chi connectivity index (χ4n) is 7.44. The van der Waals surface area contributed by atoms with Gasteiger partial charge in [0, 0.05) is 75.5 Å². The van der Waals surface area contributed by atoms with E-state index in [-0.39, 0.29) is 40.3 Å². The Labute approximate surface area is 360 Å². The van der Waals surface area contributed by atoms with Crippen LogP contribution in [0, 0.1) is 23.9 Å². The second kappa shape index (κ2) is 22.2. The molecule has 0 spiro atoms. The molecule has 2 aliphatic heterocycles. The van der Waals surface area contributed by atoms with Crippen LogP contribution >= 0.6 is 0 Å². The minimum absolute atomic E-state index is 0.117. The van der Waals surface area contributed by atoms with E-state index in [0.29, 0.717) is 80.3 Å². The number of amides is 2. The highest BCUT2D eigenvalue weighted by molar-refractivity contribution is 6.23. The van der Waals surface area contributed by atoms with Gasteiger partial charge in [0.05, 0.1) is 42.2 Å². The molecule has 1 aliphatic carbocycles. The van der Waals surface area contributed by atoms with E-state index in [1.807, 2.05) is 11.8 Å². The molecule has 1 aromatic carbocycles. The topological polar surface area (TPSA) is 218 Å². The number of ketones is 2. The largest absolute Gasteiger partial charge is 0.440 e. The number of hydrogen-bond acceptors (Lipinski definition) is 14. The van der Waals surface area contributed by atoms with Gasteiger partial charge in [0.2, 0.25) is 11.6 Å². The number of fused-ring (bicyclic) bond motifs is 3. The van der Waals surface area contributed by atoms with Gasteiger partial charge in [-0.2, -0.15) is 0 Å². The summed E-state index contributed by atoms with van der Waals surface area (Å²) in [7, 11) is 2.91. The van der Waals surface area contributed by atoms with Gasteiger partial charge in [-0.15, -0.1) is 0 Å². The molecule has 0 saturated carbocycles. The number of rotatable bonds is 9. The predicted octanol–water partition coefficient (Wildman–Crippen LogP) is 4.11. The number of unbranched alkanes of at least 4 members (excludes halogenated alkanes) is 1. The van der Waals surface area contributed by atoms with Crippen molar-refractivity contribution in [3.05, 3.63) is 93.0 Å². The van der Waals surface area contributed by atoms with Crippen molar-refractivity contribution in [1.29, 1.82) is 0 Å². The monoisotopic (exact) mass is 856 g/mol. The van der Waals surface area contributed by atoms with Gasteiger partial charge < -0.3 is 54.5 Å². The van der Waals surface area contributed by atoms with Crippen LogP contribution in [0.25, 0.3) is 11.0 Å². The Morgan fingerprint density at radius 3 is 2.55 bits per heavy atom. The molecule has 16 heteroatoms. The summed E-state index contributed by atoms with van der Waals surface area (Å²) in [5.41, 5.74) is 6.54. The average Bonchev–Trinajstić information content (AvgIpc) is 3.25. The molecule has 5 rings (SSSR count). The smallest absolute Gasteiger partial charge is 0.405 e. The Morgan fingerprint density at radius 1 is 1.08 bits per heavy atom. The van der Waals surface area contributed by atoms with Crippen molar-refractivity contribution in [1.82, 2.24) is 10.6 Å². The van der Waals surface area contributed by atoms with Crippen LogP contribution in [0.15, 0.2) is 92.0 Å². The third kappa shape index (κ3) is 12.3. The molecule has 332 valence electrons. The van der Waals surface area contributed by atoms with E-state index in [1.165, 1.54) is 26.4 Å². The zero-order chi connectivity index (χ0) is 44.9. The Bertz CT molecular complexity index is 2270. The van der Waals surface area contributed by atoms with Crippen molar-refractivity contribution in [2.75, 3.05) is 52.0 Å². The minimum atomic E-state index is -1.02. The highest BCUT2D eigenvalue weighted by atomic mass is 16.6. The number of carbonyl (C=O) groups is 4. The van der Waals surface area contributed by atoms with E-state index in [4.69, 9.17) is 33.8 Å². The molecule has 62 heavy (non-hydrogen) atoms. The molecule has 2 bridgehead atoms. The van der Waals surface area contributed by atoms with E-state index in [1.54, 1.807) is 57.2 Å². The first kappa shape index (κ1) is 47.1. The van der Waals surface area contributed by atoms with Gasteiger partial charge in [-0.05, 0) is 56.7 Å². The lowest BCUT2D eigenvalue weighted by molar-refractivity contribution is -0.120. The first-order valence-electron chi connectivity index (χ1n) is 20.6. The second-order valence-electron chi connectivity index (χ2n) is 15.5. The number of aliphatic hydroxyl groups excluding tert-OH is 1. The van der Waals surface area contributed by atoms with Gasteiger partial charge in [-0.3, -0.25) is 19.2 Å². The summed E-state index contributed by atoms with van der Waals surface area (Å²) in [4.78, 5) is 67.6. The van der Waals surface area contributed by atoms with E-state index >= 15 is 0 Å². The first-order valence-corrected chi connectivity index (χ1v) is 20.6. The molecule has 2 amide bonds. The highest BCUT2D eigenvalue weighted by Gasteiger charge is 2.33. The fraction of sp³-hybridized carbons (Fsp3) is 0.457. The maximum Gasteiger partial charge on any atom is 0.405 e. The summed E-state index contributed by atoms with van der Waals surface area (Å²) < 4.78 is 33.8. The van der Waals surface area contributed by atoms with E-state index in [0.717, 1.165) is 6.08 Å². The minimum Gasteiger partial charge on any atom is -0.440 e. The summed E-state index contributed by atoms with van der Waals surface area (Å²) in [6, 6.07) is 6.38. The van der Waals surface area contributed by atoms with Gasteiger partial charge in [-0.1, -0.05) is 44.1 Å². The van der Waals surface area contributed by atoms with Crippen LogP contribution in [0.4, 0.5) is 10.7 Å². The lowest BCUT2D eigenvalue weighted by Gasteiger charge is -2.30. The van der Waals surface area contributed by atoms with Crippen molar-refractivity contribution in [3.63, 3.8) is 0 Å². The average molecular weight is 857 g/mol. The third-order valence-electron chi connectivity index (χ3n) is 10.8. The first-order chi connectivity index (χ1) is 29.7. The number of methoxy groups -OCH3 is 2. The number of nitrogens with two attached hydrogens (primary N) is 1. The van der Waals surface area contributed by atoms with E-state index < -0.39 is 53.9 Å². The van der Waals surface area contributed by atoms with Crippen LogP contribution in [-0.4, -0.2) is 100 Å². The molecule has 1 fully saturated rings. The number of anilines is 1. The summed E-state index contributed by atoms with van der Waals surface area (Å²) >= 11 is 0. The number of Topliss-reactive ketones (excluding diaryl/α,β-unsaturated/α-hetero) is 1. The number of nitrogens with one attached hydrogen (secondary N) is 2. The Hall–Kier alpha value is -5.99. The number of morpholine rings is 1. The molecule has 3 aliphatic rings.